The van der Waals surface area contributed by atoms with Crippen LogP contribution in [0.2, 0.25) is 0 Å². The minimum absolute atomic E-state index is 0.0854. The standard InChI is InChI=1S/C19H37N7O6S/c1-10(2)14(17(30)25-13(18(31)32)5-4-7-23-19(21)22)26-16(29)12(6-8-33-3)24-15(28)11(20)9-27/h10-14,27H,4-9,20H2,1-3H3,(H,24,28)(H,25,30)(H,26,29)(H,31,32)(H4,21,22,23). The van der Waals surface area contributed by atoms with Crippen LogP contribution in [0.4, 0.5) is 0 Å². The molecule has 190 valence electrons. The van der Waals surface area contributed by atoms with Crippen molar-refractivity contribution in [2.45, 2.75) is 57.3 Å². The molecule has 4 unspecified atom stereocenters. The average molecular weight is 492 g/mol. The molecule has 0 rings (SSSR count). The van der Waals surface area contributed by atoms with Gasteiger partial charge in [-0.25, -0.2) is 4.79 Å². The van der Waals surface area contributed by atoms with Gasteiger partial charge in [0.25, 0.3) is 0 Å². The van der Waals surface area contributed by atoms with Crippen LogP contribution in [0.5, 0.6) is 0 Å². The number of carboxylic acid groups (broad SMARTS) is 1. The van der Waals surface area contributed by atoms with Crippen molar-refractivity contribution in [2.24, 2.45) is 28.1 Å². The molecule has 0 radical (unpaired) electrons. The topological polar surface area (TPSA) is 235 Å². The van der Waals surface area contributed by atoms with Crippen LogP contribution in [0.15, 0.2) is 4.99 Å². The zero-order chi connectivity index (χ0) is 25.6. The van der Waals surface area contributed by atoms with Crippen LogP contribution < -0.4 is 33.2 Å². The second-order valence-electron chi connectivity index (χ2n) is 7.71. The number of rotatable bonds is 16. The molecule has 0 aliphatic heterocycles. The molecule has 0 fully saturated rings. The van der Waals surface area contributed by atoms with E-state index in [1.807, 2.05) is 6.26 Å². The third-order valence-electron chi connectivity index (χ3n) is 4.58. The van der Waals surface area contributed by atoms with E-state index in [4.69, 9.17) is 22.3 Å². The van der Waals surface area contributed by atoms with Gasteiger partial charge in [-0.05, 0) is 37.2 Å². The van der Waals surface area contributed by atoms with Crippen molar-refractivity contribution in [3.63, 3.8) is 0 Å². The van der Waals surface area contributed by atoms with Gasteiger partial charge in [0.05, 0.1) is 6.61 Å². The summed E-state index contributed by atoms with van der Waals surface area (Å²) in [6.45, 7) is 3.00. The number of guanidine groups is 1. The first kappa shape index (κ1) is 30.4. The Hall–Kier alpha value is -2.58. The fraction of sp³-hybridized carbons (Fsp3) is 0.737. The summed E-state index contributed by atoms with van der Waals surface area (Å²) >= 11 is 1.46. The maximum absolute atomic E-state index is 12.8. The van der Waals surface area contributed by atoms with Gasteiger partial charge in [0, 0.05) is 6.54 Å². The van der Waals surface area contributed by atoms with Gasteiger partial charge in [-0.15, -0.1) is 0 Å². The number of nitrogens with two attached hydrogens (primary N) is 3. The summed E-state index contributed by atoms with van der Waals surface area (Å²) in [6.07, 6.45) is 2.51. The van der Waals surface area contributed by atoms with Crippen LogP contribution >= 0.6 is 11.8 Å². The number of thioether (sulfide) groups is 1. The number of nitrogens with zero attached hydrogens (tertiary/aromatic N) is 1. The van der Waals surface area contributed by atoms with Crippen molar-refractivity contribution in [2.75, 3.05) is 25.2 Å². The lowest BCUT2D eigenvalue weighted by molar-refractivity contribution is -0.142. The smallest absolute Gasteiger partial charge is 0.326 e. The van der Waals surface area contributed by atoms with E-state index >= 15 is 0 Å². The molecule has 0 aromatic rings. The fourth-order valence-corrected chi connectivity index (χ4v) is 3.15. The number of aliphatic hydroxyl groups is 1. The van der Waals surface area contributed by atoms with E-state index in [2.05, 4.69) is 20.9 Å². The summed E-state index contributed by atoms with van der Waals surface area (Å²) in [5, 5.41) is 26.0. The second kappa shape index (κ2) is 16.1. The number of aliphatic carboxylic acids is 1. The molecule has 0 saturated carbocycles. The van der Waals surface area contributed by atoms with Gasteiger partial charge in [0.2, 0.25) is 17.7 Å². The SMILES string of the molecule is CSCCC(NC(=O)C(N)CO)C(=O)NC(C(=O)NC(CCCN=C(N)N)C(=O)O)C(C)C. The van der Waals surface area contributed by atoms with Crippen molar-refractivity contribution in [3.8, 4) is 0 Å². The quantitative estimate of drug-likeness (QED) is 0.0632. The Balaban J connectivity index is 5.27. The predicted molar refractivity (Wildman–Crippen MR) is 126 cm³/mol. The summed E-state index contributed by atoms with van der Waals surface area (Å²) in [5.41, 5.74) is 16.0. The van der Waals surface area contributed by atoms with Crippen LogP contribution in [-0.4, -0.2) is 89.2 Å². The molecule has 33 heavy (non-hydrogen) atoms. The first-order chi connectivity index (χ1) is 15.4. The van der Waals surface area contributed by atoms with Gasteiger partial charge in [-0.2, -0.15) is 11.8 Å². The molecule has 0 saturated heterocycles. The summed E-state index contributed by atoms with van der Waals surface area (Å²) in [7, 11) is 0. The zero-order valence-corrected chi connectivity index (χ0v) is 20.1. The number of hydrogen-bond acceptors (Lipinski definition) is 8. The Bertz CT molecular complexity index is 688. The van der Waals surface area contributed by atoms with E-state index in [1.165, 1.54) is 11.8 Å². The number of carbonyl (C=O) groups excluding carboxylic acids is 3. The lowest BCUT2D eigenvalue weighted by Gasteiger charge is -2.27. The minimum Gasteiger partial charge on any atom is -0.480 e. The van der Waals surface area contributed by atoms with Gasteiger partial charge in [0.1, 0.15) is 24.2 Å². The lowest BCUT2D eigenvalue weighted by atomic mass is 10.0. The van der Waals surface area contributed by atoms with Gasteiger partial charge in [-0.1, -0.05) is 13.8 Å². The fourth-order valence-electron chi connectivity index (χ4n) is 2.68. The van der Waals surface area contributed by atoms with Crippen LogP contribution in [0.3, 0.4) is 0 Å². The highest BCUT2D eigenvalue weighted by Gasteiger charge is 2.31. The highest BCUT2D eigenvalue weighted by Crippen LogP contribution is 2.08. The largest absolute Gasteiger partial charge is 0.480 e. The van der Waals surface area contributed by atoms with Gasteiger partial charge >= 0.3 is 5.97 Å². The molecule has 14 heteroatoms. The molecule has 11 N–H and O–H groups in total. The number of amides is 3. The summed E-state index contributed by atoms with van der Waals surface area (Å²) in [6, 6.07) is -4.41. The maximum atomic E-state index is 12.8. The molecule has 0 spiro atoms. The second-order valence-corrected chi connectivity index (χ2v) is 8.70. The average Bonchev–Trinajstić information content (AvgIpc) is 2.75. The predicted octanol–water partition coefficient (Wildman–Crippen LogP) is -2.69. The molecule has 4 atom stereocenters. The molecule has 0 heterocycles. The van der Waals surface area contributed by atoms with Crippen LogP contribution in [0, 0.1) is 5.92 Å². The number of aliphatic hydroxyl groups excluding tert-OH is 1. The first-order valence-corrected chi connectivity index (χ1v) is 11.9. The molecule has 0 bridgehead atoms. The van der Waals surface area contributed by atoms with Crippen molar-refractivity contribution in [3.05, 3.63) is 0 Å². The van der Waals surface area contributed by atoms with Crippen LogP contribution in [-0.2, 0) is 19.2 Å². The van der Waals surface area contributed by atoms with E-state index < -0.39 is 54.5 Å². The minimum atomic E-state index is -1.23. The van der Waals surface area contributed by atoms with E-state index in [0.29, 0.717) is 12.2 Å². The lowest BCUT2D eigenvalue weighted by Crippen LogP contribution is -2.58. The molecule has 0 aliphatic carbocycles. The van der Waals surface area contributed by atoms with E-state index in [-0.39, 0.29) is 31.3 Å². The summed E-state index contributed by atoms with van der Waals surface area (Å²) in [4.78, 5) is 53.0. The highest BCUT2D eigenvalue weighted by molar-refractivity contribution is 7.98. The molecule has 13 nitrogen and oxygen atoms in total. The molecule has 0 aliphatic rings. The normalized spacial score (nSPS) is 14.5. The number of carbonyl (C=O) groups is 4. The Morgan fingerprint density at radius 2 is 1.58 bits per heavy atom. The van der Waals surface area contributed by atoms with E-state index in [0.717, 1.165) is 0 Å². The summed E-state index contributed by atoms with van der Waals surface area (Å²) < 4.78 is 0. The van der Waals surface area contributed by atoms with Gasteiger partial charge < -0.3 is 43.4 Å². The van der Waals surface area contributed by atoms with Crippen molar-refractivity contribution in [1.29, 1.82) is 0 Å². The molecule has 0 aromatic heterocycles. The van der Waals surface area contributed by atoms with Crippen molar-refractivity contribution >= 4 is 41.4 Å². The van der Waals surface area contributed by atoms with Gasteiger partial charge in [0.15, 0.2) is 5.96 Å². The number of hydrogen-bond donors (Lipinski definition) is 8. The van der Waals surface area contributed by atoms with Crippen molar-refractivity contribution < 1.29 is 29.4 Å². The van der Waals surface area contributed by atoms with Crippen molar-refractivity contribution in [1.82, 2.24) is 16.0 Å². The number of aliphatic imine (C=N–C) groups is 1. The van der Waals surface area contributed by atoms with Crippen LogP contribution in [0.25, 0.3) is 0 Å². The summed E-state index contributed by atoms with van der Waals surface area (Å²) in [5.74, 6) is -3.16. The first-order valence-electron chi connectivity index (χ1n) is 10.5. The Labute approximate surface area is 197 Å². The third-order valence-corrected chi connectivity index (χ3v) is 5.23. The van der Waals surface area contributed by atoms with E-state index in [1.54, 1.807) is 13.8 Å². The molecular formula is C19H37N7O6S. The van der Waals surface area contributed by atoms with Gasteiger partial charge in [-0.3, -0.25) is 19.4 Å². The number of nitrogens with one attached hydrogen (secondary N) is 3. The van der Waals surface area contributed by atoms with E-state index in [9.17, 15) is 24.3 Å². The molecular weight excluding hydrogens is 454 g/mol. The Morgan fingerprint density at radius 3 is 2.06 bits per heavy atom. The Morgan fingerprint density at radius 1 is 0.970 bits per heavy atom. The highest BCUT2D eigenvalue weighted by atomic mass is 32.2. The molecule has 0 aromatic carbocycles. The monoisotopic (exact) mass is 491 g/mol. The Kier molecular flexibility index (Phi) is 14.8. The third kappa shape index (κ3) is 12.3. The zero-order valence-electron chi connectivity index (χ0n) is 19.2. The maximum Gasteiger partial charge on any atom is 0.326 e. The molecule has 3 amide bonds. The number of carboxylic acids is 1. The van der Waals surface area contributed by atoms with Crippen LogP contribution in [0.1, 0.15) is 33.1 Å².